The third kappa shape index (κ3) is 5.35. The summed E-state index contributed by atoms with van der Waals surface area (Å²) in [6.07, 6.45) is 0.00388. The zero-order chi connectivity index (χ0) is 31.5. The molecule has 46 heavy (non-hydrogen) atoms. The number of aliphatic hydroxyl groups is 1. The fourth-order valence-corrected chi connectivity index (χ4v) is 6.13. The molecule has 0 radical (unpaired) electrons. The number of benzene rings is 5. The highest BCUT2D eigenvalue weighted by molar-refractivity contribution is 6.25. The molecule has 5 aromatic carbocycles. The number of anilines is 1. The molecule has 7 heteroatoms. The maximum Gasteiger partial charge on any atom is 0.266 e. The molecule has 0 aromatic heterocycles. The molecular weight excluding hydrogens is 576 g/mol. The number of nitrogens with zero attached hydrogens (tertiary/aromatic N) is 2. The number of imide groups is 1. The van der Waals surface area contributed by atoms with Gasteiger partial charge in [0.25, 0.3) is 11.8 Å². The summed E-state index contributed by atoms with van der Waals surface area (Å²) < 4.78 is 12.4. The van der Waals surface area contributed by atoms with Crippen LogP contribution in [0, 0.1) is 0 Å². The second-order valence-electron chi connectivity index (χ2n) is 11.4. The van der Waals surface area contributed by atoms with E-state index in [1.54, 1.807) is 30.3 Å². The normalized spacial score (nSPS) is 18.5. The lowest BCUT2D eigenvalue weighted by Crippen LogP contribution is -2.57. The van der Waals surface area contributed by atoms with Gasteiger partial charge < -0.3 is 14.6 Å². The average Bonchev–Trinajstić information content (AvgIpc) is 3.49. The summed E-state index contributed by atoms with van der Waals surface area (Å²) in [6, 6.07) is 41.7. The van der Waals surface area contributed by atoms with Crippen molar-refractivity contribution in [3.63, 3.8) is 0 Å². The van der Waals surface area contributed by atoms with Crippen molar-refractivity contribution >= 4 is 23.4 Å². The third-order valence-electron chi connectivity index (χ3n) is 8.45. The van der Waals surface area contributed by atoms with Crippen LogP contribution in [0.4, 0.5) is 5.69 Å². The highest BCUT2D eigenvalue weighted by atomic mass is 16.5. The van der Waals surface area contributed by atoms with Gasteiger partial charge in [0.1, 0.15) is 5.75 Å². The highest BCUT2D eigenvalue weighted by Gasteiger charge is 2.58. The van der Waals surface area contributed by atoms with E-state index >= 15 is 0 Å². The van der Waals surface area contributed by atoms with E-state index in [1.807, 2.05) is 91.0 Å². The Morgan fingerprint density at radius 3 is 2.15 bits per heavy atom. The zero-order valence-corrected chi connectivity index (χ0v) is 25.1. The van der Waals surface area contributed by atoms with E-state index in [2.05, 4.69) is 12.1 Å². The standard InChI is InChI=1S/C39H32N2O5/c42-24-9-25-45-33-22-20-30(21-23-33)36-40-39(35(46-36)29-18-16-28(17-19-29)27-10-3-1-4-11-27)26-32-14-7-8-15-34(32)41(38(39)44)37(43)31-12-5-2-6-13-31/h1-8,10-23,35,42H,9,24-26H2/t35-,39-/m0/s1. The predicted molar refractivity (Wildman–Crippen MR) is 177 cm³/mol. The lowest BCUT2D eigenvalue weighted by atomic mass is 9.78. The van der Waals surface area contributed by atoms with Gasteiger partial charge in [0.05, 0.1) is 12.3 Å². The van der Waals surface area contributed by atoms with E-state index in [9.17, 15) is 9.59 Å². The van der Waals surface area contributed by atoms with Gasteiger partial charge in [0, 0.05) is 30.6 Å². The molecule has 1 N–H and O–H groups in total. The van der Waals surface area contributed by atoms with E-state index in [-0.39, 0.29) is 13.0 Å². The molecule has 0 saturated carbocycles. The molecule has 0 saturated heterocycles. The second kappa shape index (κ2) is 12.5. The molecule has 0 aliphatic carbocycles. The van der Waals surface area contributed by atoms with Crippen LogP contribution in [0.5, 0.6) is 5.75 Å². The SMILES string of the molecule is O=C(c1ccccc1)N1C(=O)[C@@]2(Cc3ccccc31)N=C(c1ccc(OCCCO)cc1)O[C@H]2c1ccc(-c2ccccc2)cc1. The number of para-hydroxylation sites is 1. The molecule has 7 nitrogen and oxygen atoms in total. The molecule has 2 aliphatic heterocycles. The number of aliphatic hydroxyl groups excluding tert-OH is 1. The van der Waals surface area contributed by atoms with E-state index in [1.165, 1.54) is 4.90 Å². The summed E-state index contributed by atoms with van der Waals surface area (Å²) in [6.45, 7) is 0.454. The van der Waals surface area contributed by atoms with Crippen LogP contribution in [0.3, 0.4) is 0 Å². The minimum atomic E-state index is -1.43. The number of amides is 2. The van der Waals surface area contributed by atoms with Crippen molar-refractivity contribution in [1.82, 2.24) is 0 Å². The fourth-order valence-electron chi connectivity index (χ4n) is 6.13. The van der Waals surface area contributed by atoms with Gasteiger partial charge in [-0.1, -0.05) is 91.0 Å². The first kappa shape index (κ1) is 29.2. The predicted octanol–water partition coefficient (Wildman–Crippen LogP) is 6.80. The van der Waals surface area contributed by atoms with Gasteiger partial charge in [-0.3, -0.25) is 9.59 Å². The number of hydrogen-bond acceptors (Lipinski definition) is 6. The fraction of sp³-hybridized carbons (Fsp3) is 0.154. The summed E-state index contributed by atoms with van der Waals surface area (Å²) >= 11 is 0. The Labute approximate surface area is 267 Å². The molecule has 2 heterocycles. The Balaban J connectivity index is 1.32. The number of fused-ring (bicyclic) bond motifs is 1. The maximum atomic E-state index is 14.9. The van der Waals surface area contributed by atoms with Crippen molar-refractivity contribution in [2.24, 2.45) is 4.99 Å². The van der Waals surface area contributed by atoms with Gasteiger partial charge in [0.15, 0.2) is 11.6 Å². The number of carbonyl (C=O) groups is 2. The first-order valence-corrected chi connectivity index (χ1v) is 15.4. The van der Waals surface area contributed by atoms with Gasteiger partial charge in [-0.15, -0.1) is 0 Å². The van der Waals surface area contributed by atoms with Crippen LogP contribution in [0.1, 0.15) is 39.6 Å². The van der Waals surface area contributed by atoms with Crippen LogP contribution in [0.25, 0.3) is 11.1 Å². The van der Waals surface area contributed by atoms with Crippen molar-refractivity contribution in [2.45, 2.75) is 24.5 Å². The monoisotopic (exact) mass is 608 g/mol. The first-order valence-electron chi connectivity index (χ1n) is 15.4. The highest BCUT2D eigenvalue weighted by Crippen LogP contribution is 2.48. The van der Waals surface area contributed by atoms with E-state index in [0.29, 0.717) is 41.5 Å². The van der Waals surface area contributed by atoms with Crippen molar-refractivity contribution in [3.05, 3.63) is 156 Å². The third-order valence-corrected chi connectivity index (χ3v) is 8.45. The van der Waals surface area contributed by atoms with Gasteiger partial charge in [0.2, 0.25) is 5.90 Å². The Kier molecular flexibility index (Phi) is 7.91. The minimum absolute atomic E-state index is 0.0550. The average molecular weight is 609 g/mol. The van der Waals surface area contributed by atoms with E-state index in [4.69, 9.17) is 19.6 Å². The molecular formula is C39H32N2O5. The van der Waals surface area contributed by atoms with Gasteiger partial charge in [-0.25, -0.2) is 9.89 Å². The lowest BCUT2D eigenvalue weighted by molar-refractivity contribution is -0.126. The number of ether oxygens (including phenoxy) is 2. The summed E-state index contributed by atoms with van der Waals surface area (Å²) in [7, 11) is 0. The minimum Gasteiger partial charge on any atom is -0.494 e. The topological polar surface area (TPSA) is 88.4 Å². The first-order chi connectivity index (χ1) is 22.6. The van der Waals surface area contributed by atoms with Crippen molar-refractivity contribution in [3.8, 4) is 16.9 Å². The Morgan fingerprint density at radius 2 is 1.43 bits per heavy atom. The van der Waals surface area contributed by atoms with E-state index < -0.39 is 23.5 Å². The second-order valence-corrected chi connectivity index (χ2v) is 11.4. The molecule has 7 rings (SSSR count). The van der Waals surface area contributed by atoms with Gasteiger partial charge >= 0.3 is 0 Å². The van der Waals surface area contributed by atoms with Crippen LogP contribution in [0.15, 0.2) is 138 Å². The number of carbonyl (C=O) groups excluding carboxylic acids is 2. The molecule has 0 unspecified atom stereocenters. The maximum absolute atomic E-state index is 14.9. The Bertz CT molecular complexity index is 1890. The molecule has 1 spiro atoms. The van der Waals surface area contributed by atoms with Crippen LogP contribution in [-0.2, 0) is 16.0 Å². The smallest absolute Gasteiger partial charge is 0.266 e. The quantitative estimate of drug-likeness (QED) is 0.155. The molecule has 0 fully saturated rings. The number of hydrogen-bond donors (Lipinski definition) is 1. The molecule has 228 valence electrons. The molecule has 2 aliphatic rings. The van der Waals surface area contributed by atoms with Gasteiger partial charge in [-0.2, -0.15) is 0 Å². The largest absolute Gasteiger partial charge is 0.494 e. The van der Waals surface area contributed by atoms with Crippen LogP contribution < -0.4 is 9.64 Å². The van der Waals surface area contributed by atoms with Crippen molar-refractivity contribution in [2.75, 3.05) is 18.1 Å². The van der Waals surface area contributed by atoms with Crippen LogP contribution in [0.2, 0.25) is 0 Å². The molecule has 2 amide bonds. The Hall–Kier alpha value is -5.53. The van der Waals surface area contributed by atoms with Crippen molar-refractivity contribution < 1.29 is 24.2 Å². The number of rotatable bonds is 8. The van der Waals surface area contributed by atoms with E-state index in [0.717, 1.165) is 22.3 Å². The molecule has 5 aromatic rings. The summed E-state index contributed by atoms with van der Waals surface area (Å²) in [4.78, 5) is 35.2. The van der Waals surface area contributed by atoms with Crippen LogP contribution >= 0.6 is 0 Å². The van der Waals surface area contributed by atoms with Crippen molar-refractivity contribution in [1.29, 1.82) is 0 Å². The number of aliphatic imine (C=N–C) groups is 1. The zero-order valence-electron chi connectivity index (χ0n) is 25.1. The van der Waals surface area contributed by atoms with Crippen LogP contribution in [-0.4, -0.2) is 41.6 Å². The Morgan fingerprint density at radius 1 is 0.804 bits per heavy atom. The molecule has 0 bridgehead atoms. The lowest BCUT2D eigenvalue weighted by Gasteiger charge is -2.39. The molecule has 2 atom stereocenters. The summed E-state index contributed by atoms with van der Waals surface area (Å²) in [5.41, 5.74) is 3.95. The summed E-state index contributed by atoms with van der Waals surface area (Å²) in [5, 5.41) is 9.08. The van der Waals surface area contributed by atoms with Gasteiger partial charge in [-0.05, 0) is 64.7 Å². The summed E-state index contributed by atoms with van der Waals surface area (Å²) in [5.74, 6) is 0.124.